The molecule has 31 heavy (non-hydrogen) atoms. The molecule has 0 aromatic heterocycles. The Labute approximate surface area is 188 Å². The van der Waals surface area contributed by atoms with Crippen LogP contribution < -0.4 is 20.1 Å². The molecule has 0 bridgehead atoms. The Morgan fingerprint density at radius 1 is 0.871 bits per heavy atom. The van der Waals surface area contributed by atoms with E-state index < -0.39 is 0 Å². The molecule has 0 saturated carbocycles. The van der Waals surface area contributed by atoms with E-state index in [1.165, 1.54) is 5.56 Å². The van der Waals surface area contributed by atoms with Crippen LogP contribution >= 0.6 is 12.2 Å². The van der Waals surface area contributed by atoms with Gasteiger partial charge in [-0.1, -0.05) is 43.3 Å². The highest BCUT2D eigenvalue weighted by Crippen LogP contribution is 2.18. The minimum absolute atomic E-state index is 0.220. The number of benzene rings is 3. The number of rotatable bonds is 9. The highest BCUT2D eigenvalue weighted by atomic mass is 32.1. The van der Waals surface area contributed by atoms with Crippen LogP contribution in [0.5, 0.6) is 11.5 Å². The van der Waals surface area contributed by atoms with Crippen molar-refractivity contribution >= 4 is 28.9 Å². The maximum absolute atomic E-state index is 12.4. The Hall–Kier alpha value is -3.38. The summed E-state index contributed by atoms with van der Waals surface area (Å²) in [4.78, 5) is 12.4. The molecule has 0 atom stereocenters. The topological polar surface area (TPSA) is 59.6 Å². The van der Waals surface area contributed by atoms with Crippen LogP contribution in [0.1, 0.15) is 29.3 Å². The van der Waals surface area contributed by atoms with Crippen LogP contribution in [-0.4, -0.2) is 24.2 Å². The van der Waals surface area contributed by atoms with Crippen LogP contribution in [-0.2, 0) is 6.42 Å². The van der Waals surface area contributed by atoms with Crippen LogP contribution in [0, 0.1) is 0 Å². The van der Waals surface area contributed by atoms with E-state index in [1.807, 2.05) is 49.4 Å². The number of amides is 1. The average molecular weight is 435 g/mol. The Kier molecular flexibility index (Phi) is 8.43. The Morgan fingerprint density at radius 3 is 2.35 bits per heavy atom. The maximum atomic E-state index is 12.4. The van der Waals surface area contributed by atoms with Crippen molar-refractivity contribution in [1.29, 1.82) is 0 Å². The van der Waals surface area contributed by atoms with Crippen molar-refractivity contribution in [3.05, 3.63) is 90.0 Å². The first-order valence-corrected chi connectivity index (χ1v) is 10.7. The predicted octanol–water partition coefficient (Wildman–Crippen LogP) is 5.22. The first-order chi connectivity index (χ1) is 15.1. The summed E-state index contributed by atoms with van der Waals surface area (Å²) in [5.41, 5.74) is 2.47. The second kappa shape index (κ2) is 11.7. The molecule has 160 valence electrons. The Morgan fingerprint density at radius 2 is 1.61 bits per heavy atom. The van der Waals surface area contributed by atoms with Crippen LogP contribution in [0.4, 0.5) is 5.69 Å². The third-order valence-electron chi connectivity index (χ3n) is 4.41. The first kappa shape index (κ1) is 22.3. The molecular weight excluding hydrogens is 408 g/mol. The molecule has 0 aliphatic carbocycles. The van der Waals surface area contributed by atoms with Gasteiger partial charge in [-0.25, -0.2) is 0 Å². The zero-order valence-corrected chi connectivity index (χ0v) is 18.3. The highest BCUT2D eigenvalue weighted by molar-refractivity contribution is 7.80. The van der Waals surface area contributed by atoms with Gasteiger partial charge < -0.3 is 14.8 Å². The van der Waals surface area contributed by atoms with Gasteiger partial charge in [-0.05, 0) is 60.6 Å². The van der Waals surface area contributed by atoms with E-state index in [1.54, 1.807) is 24.3 Å². The fourth-order valence-corrected chi connectivity index (χ4v) is 3.07. The molecule has 1 amide bonds. The van der Waals surface area contributed by atoms with Crippen molar-refractivity contribution in [1.82, 2.24) is 5.32 Å². The van der Waals surface area contributed by atoms with Crippen LogP contribution in [0.15, 0.2) is 78.9 Å². The standard InChI is InChI=1S/C25H26N2O3S/c1-2-16-29-22-13-11-20(12-14-22)24(28)27-25(31)26-21-9-6-10-23(18-21)30-17-15-19-7-4-3-5-8-19/h3-14,18H,2,15-17H2,1H3,(H2,26,27,28,31). The minimum Gasteiger partial charge on any atom is -0.494 e. The summed E-state index contributed by atoms with van der Waals surface area (Å²) in [6, 6.07) is 24.6. The summed E-state index contributed by atoms with van der Waals surface area (Å²) in [6.45, 7) is 3.27. The van der Waals surface area contributed by atoms with Crippen molar-refractivity contribution in [2.45, 2.75) is 19.8 Å². The third-order valence-corrected chi connectivity index (χ3v) is 4.61. The minimum atomic E-state index is -0.283. The lowest BCUT2D eigenvalue weighted by atomic mass is 10.2. The van der Waals surface area contributed by atoms with Gasteiger partial charge in [-0.3, -0.25) is 10.1 Å². The Balaban J connectivity index is 1.48. The molecule has 0 unspecified atom stereocenters. The molecule has 0 saturated heterocycles. The van der Waals surface area contributed by atoms with Gasteiger partial charge in [0.25, 0.3) is 5.91 Å². The van der Waals surface area contributed by atoms with Gasteiger partial charge in [0.2, 0.25) is 0 Å². The zero-order chi connectivity index (χ0) is 21.9. The number of nitrogens with one attached hydrogen (secondary N) is 2. The predicted molar refractivity (Wildman–Crippen MR) is 128 cm³/mol. The summed E-state index contributed by atoms with van der Waals surface area (Å²) in [5, 5.41) is 5.94. The third kappa shape index (κ3) is 7.42. The molecule has 0 aliphatic rings. The number of hydrogen-bond acceptors (Lipinski definition) is 4. The van der Waals surface area contributed by atoms with Gasteiger partial charge in [-0.2, -0.15) is 0 Å². The van der Waals surface area contributed by atoms with E-state index in [4.69, 9.17) is 21.7 Å². The van der Waals surface area contributed by atoms with E-state index in [-0.39, 0.29) is 11.0 Å². The fourth-order valence-electron chi connectivity index (χ4n) is 2.86. The van der Waals surface area contributed by atoms with E-state index in [0.29, 0.717) is 18.8 Å². The highest BCUT2D eigenvalue weighted by Gasteiger charge is 2.09. The summed E-state index contributed by atoms with van der Waals surface area (Å²) in [6.07, 6.45) is 1.76. The summed E-state index contributed by atoms with van der Waals surface area (Å²) in [5.74, 6) is 1.19. The molecule has 3 aromatic carbocycles. The molecule has 2 N–H and O–H groups in total. The molecule has 0 radical (unpaired) electrons. The van der Waals surface area contributed by atoms with Gasteiger partial charge in [-0.15, -0.1) is 0 Å². The second-order valence-electron chi connectivity index (χ2n) is 6.89. The molecule has 0 aliphatic heterocycles. The molecule has 6 heteroatoms. The first-order valence-electron chi connectivity index (χ1n) is 10.3. The van der Waals surface area contributed by atoms with Crippen LogP contribution in [0.25, 0.3) is 0 Å². The zero-order valence-electron chi connectivity index (χ0n) is 17.5. The number of carbonyl (C=O) groups is 1. The molecule has 0 spiro atoms. The maximum Gasteiger partial charge on any atom is 0.257 e. The van der Waals surface area contributed by atoms with Crippen molar-refractivity contribution in [2.24, 2.45) is 0 Å². The quantitative estimate of drug-likeness (QED) is 0.452. The SMILES string of the molecule is CCCOc1ccc(C(=O)NC(=S)Nc2cccc(OCCc3ccccc3)c2)cc1. The molecule has 3 rings (SSSR count). The number of thiocarbonyl (C=S) groups is 1. The number of carbonyl (C=O) groups excluding carboxylic acids is 1. The lowest BCUT2D eigenvalue weighted by Crippen LogP contribution is -2.34. The van der Waals surface area contributed by atoms with Crippen molar-refractivity contribution in [2.75, 3.05) is 18.5 Å². The van der Waals surface area contributed by atoms with Crippen molar-refractivity contribution in [3.8, 4) is 11.5 Å². The largest absolute Gasteiger partial charge is 0.494 e. The monoisotopic (exact) mass is 434 g/mol. The van der Waals surface area contributed by atoms with E-state index in [2.05, 4.69) is 22.8 Å². The van der Waals surface area contributed by atoms with Gasteiger partial charge in [0.1, 0.15) is 11.5 Å². The van der Waals surface area contributed by atoms with E-state index in [0.717, 1.165) is 30.0 Å². The molecule has 0 heterocycles. The lowest BCUT2D eigenvalue weighted by Gasteiger charge is -2.12. The summed E-state index contributed by atoms with van der Waals surface area (Å²) in [7, 11) is 0. The van der Waals surface area contributed by atoms with Gasteiger partial charge in [0.15, 0.2) is 5.11 Å². The van der Waals surface area contributed by atoms with Crippen LogP contribution in [0.2, 0.25) is 0 Å². The molecule has 3 aromatic rings. The lowest BCUT2D eigenvalue weighted by molar-refractivity contribution is 0.0977. The van der Waals surface area contributed by atoms with Gasteiger partial charge in [0.05, 0.1) is 13.2 Å². The Bertz CT molecular complexity index is 991. The van der Waals surface area contributed by atoms with Gasteiger partial charge in [0, 0.05) is 23.7 Å². The molecule has 0 fully saturated rings. The number of anilines is 1. The van der Waals surface area contributed by atoms with Crippen molar-refractivity contribution in [3.63, 3.8) is 0 Å². The van der Waals surface area contributed by atoms with Crippen LogP contribution in [0.3, 0.4) is 0 Å². The summed E-state index contributed by atoms with van der Waals surface area (Å²) < 4.78 is 11.4. The van der Waals surface area contributed by atoms with Gasteiger partial charge >= 0.3 is 0 Å². The molecular formula is C25H26N2O3S. The molecule has 5 nitrogen and oxygen atoms in total. The smallest absolute Gasteiger partial charge is 0.257 e. The van der Waals surface area contributed by atoms with E-state index >= 15 is 0 Å². The number of hydrogen-bond donors (Lipinski definition) is 2. The van der Waals surface area contributed by atoms with Crippen molar-refractivity contribution < 1.29 is 14.3 Å². The summed E-state index contributed by atoms with van der Waals surface area (Å²) >= 11 is 5.28. The average Bonchev–Trinajstić information content (AvgIpc) is 2.79. The normalized spacial score (nSPS) is 10.2. The second-order valence-corrected chi connectivity index (χ2v) is 7.30. The van der Waals surface area contributed by atoms with E-state index in [9.17, 15) is 4.79 Å². The number of ether oxygens (including phenoxy) is 2. The fraction of sp³-hybridized carbons (Fsp3) is 0.200.